The molecule has 3 rings (SSSR count). The summed E-state index contributed by atoms with van der Waals surface area (Å²) in [5, 5.41) is 6.73. The molecule has 1 aliphatic rings. The van der Waals surface area contributed by atoms with Crippen LogP contribution in [-0.4, -0.2) is 28.5 Å². The molecular formula is C18H22N4O3. The van der Waals surface area contributed by atoms with Crippen LogP contribution in [-0.2, 0) is 22.4 Å². The molecule has 7 heteroatoms. The topological polar surface area (TPSA) is 88.3 Å². The number of fused-ring (bicyclic) bond motifs is 1. The summed E-state index contributed by atoms with van der Waals surface area (Å²) in [6.45, 7) is 4.24. The van der Waals surface area contributed by atoms with Gasteiger partial charge in [0.05, 0.1) is 6.42 Å². The first-order chi connectivity index (χ1) is 12.1. The summed E-state index contributed by atoms with van der Waals surface area (Å²) in [6.07, 6.45) is 2.67. The molecule has 0 saturated carbocycles. The first-order valence-corrected chi connectivity index (χ1v) is 8.57. The molecule has 1 aromatic carbocycles. The van der Waals surface area contributed by atoms with E-state index in [0.29, 0.717) is 24.7 Å². The van der Waals surface area contributed by atoms with Crippen molar-refractivity contribution in [1.82, 2.24) is 15.5 Å². The Balaban J connectivity index is 1.72. The summed E-state index contributed by atoms with van der Waals surface area (Å²) >= 11 is 0. The van der Waals surface area contributed by atoms with Crippen molar-refractivity contribution in [2.24, 2.45) is 0 Å². The molecule has 0 bridgehead atoms. The van der Waals surface area contributed by atoms with Crippen LogP contribution in [0.3, 0.4) is 0 Å². The number of hydrogen-bond donors (Lipinski definition) is 1. The number of unbranched alkanes of at least 4 members (excludes halogenated alkanes) is 1. The van der Waals surface area contributed by atoms with Gasteiger partial charge in [0.1, 0.15) is 6.04 Å². The second-order valence-corrected chi connectivity index (χ2v) is 6.17. The first-order valence-electron chi connectivity index (χ1n) is 8.57. The number of aromatic nitrogens is 2. The van der Waals surface area contributed by atoms with Gasteiger partial charge in [-0.25, -0.2) is 0 Å². The Hall–Kier alpha value is -2.70. The molecule has 0 saturated heterocycles. The van der Waals surface area contributed by atoms with Crippen molar-refractivity contribution >= 4 is 17.5 Å². The zero-order valence-corrected chi connectivity index (χ0v) is 14.5. The van der Waals surface area contributed by atoms with E-state index in [-0.39, 0.29) is 24.3 Å². The van der Waals surface area contributed by atoms with Gasteiger partial charge >= 0.3 is 0 Å². The SMILES string of the molecule is CCCCNC(=O)Cc1noc([C@H]2Cc3ccccc3N2C(C)=O)n1. The van der Waals surface area contributed by atoms with Crippen molar-refractivity contribution in [3.63, 3.8) is 0 Å². The van der Waals surface area contributed by atoms with E-state index in [1.54, 1.807) is 4.90 Å². The van der Waals surface area contributed by atoms with E-state index >= 15 is 0 Å². The molecule has 7 nitrogen and oxygen atoms in total. The Bertz CT molecular complexity index is 771. The molecule has 0 fully saturated rings. The molecule has 2 aromatic rings. The number of hydrogen-bond acceptors (Lipinski definition) is 5. The lowest BCUT2D eigenvalue weighted by atomic mass is 10.1. The maximum Gasteiger partial charge on any atom is 0.250 e. The molecular weight excluding hydrogens is 320 g/mol. The number of carbonyl (C=O) groups excluding carboxylic acids is 2. The number of carbonyl (C=O) groups is 2. The van der Waals surface area contributed by atoms with E-state index in [9.17, 15) is 9.59 Å². The fourth-order valence-corrected chi connectivity index (χ4v) is 3.06. The highest BCUT2D eigenvalue weighted by Crippen LogP contribution is 2.39. The number of amides is 2. The predicted molar refractivity (Wildman–Crippen MR) is 92.0 cm³/mol. The minimum atomic E-state index is -0.320. The normalized spacial score (nSPS) is 15.9. The summed E-state index contributed by atoms with van der Waals surface area (Å²) < 4.78 is 5.35. The highest BCUT2D eigenvalue weighted by atomic mass is 16.5. The van der Waals surface area contributed by atoms with Crippen LogP contribution in [0.4, 0.5) is 5.69 Å². The third kappa shape index (κ3) is 3.70. The molecule has 0 aliphatic carbocycles. The van der Waals surface area contributed by atoms with Gasteiger partial charge in [0.25, 0.3) is 0 Å². The highest BCUT2D eigenvalue weighted by molar-refractivity contribution is 5.94. The number of anilines is 1. The van der Waals surface area contributed by atoms with Gasteiger partial charge in [-0.05, 0) is 18.1 Å². The van der Waals surface area contributed by atoms with E-state index in [1.807, 2.05) is 24.3 Å². The lowest BCUT2D eigenvalue weighted by molar-refractivity contribution is -0.120. The summed E-state index contributed by atoms with van der Waals surface area (Å²) in [7, 11) is 0. The van der Waals surface area contributed by atoms with E-state index < -0.39 is 0 Å². The Morgan fingerprint density at radius 3 is 2.92 bits per heavy atom. The Morgan fingerprint density at radius 1 is 1.36 bits per heavy atom. The summed E-state index contributed by atoms with van der Waals surface area (Å²) in [4.78, 5) is 30.0. The van der Waals surface area contributed by atoms with Crippen LogP contribution in [0.5, 0.6) is 0 Å². The standard InChI is InChI=1S/C18H22N4O3/c1-3-4-9-19-17(24)11-16-20-18(25-21-16)15-10-13-7-5-6-8-14(13)22(15)12(2)23/h5-8,15H,3-4,9-11H2,1-2H3,(H,19,24)/t15-/m1/s1. The van der Waals surface area contributed by atoms with Crippen LogP contribution in [0.1, 0.15) is 50.0 Å². The van der Waals surface area contributed by atoms with Gasteiger partial charge in [-0.3, -0.25) is 14.5 Å². The lowest BCUT2D eigenvalue weighted by Crippen LogP contribution is -2.30. The Morgan fingerprint density at radius 2 is 2.16 bits per heavy atom. The highest BCUT2D eigenvalue weighted by Gasteiger charge is 2.36. The molecule has 132 valence electrons. The zero-order valence-electron chi connectivity index (χ0n) is 14.5. The molecule has 2 amide bonds. The van der Waals surface area contributed by atoms with E-state index in [4.69, 9.17) is 4.52 Å². The van der Waals surface area contributed by atoms with Gasteiger partial charge in [0, 0.05) is 25.6 Å². The van der Waals surface area contributed by atoms with Gasteiger partial charge in [0.15, 0.2) is 5.82 Å². The first kappa shape index (κ1) is 17.1. The largest absolute Gasteiger partial charge is 0.356 e. The molecule has 0 radical (unpaired) electrons. The van der Waals surface area contributed by atoms with Gasteiger partial charge in [-0.15, -0.1) is 0 Å². The van der Waals surface area contributed by atoms with Crippen LogP contribution in [0.2, 0.25) is 0 Å². The lowest BCUT2D eigenvalue weighted by Gasteiger charge is -2.21. The number of nitrogens with one attached hydrogen (secondary N) is 1. The van der Waals surface area contributed by atoms with E-state index in [0.717, 1.165) is 24.1 Å². The number of para-hydroxylation sites is 1. The fraction of sp³-hybridized carbons (Fsp3) is 0.444. The third-order valence-electron chi connectivity index (χ3n) is 4.26. The predicted octanol–water partition coefficient (Wildman–Crippen LogP) is 2.18. The quantitative estimate of drug-likeness (QED) is 0.813. The van der Waals surface area contributed by atoms with Crippen LogP contribution < -0.4 is 10.2 Å². The van der Waals surface area contributed by atoms with Crippen molar-refractivity contribution in [3.8, 4) is 0 Å². The molecule has 0 unspecified atom stereocenters. The second-order valence-electron chi connectivity index (χ2n) is 6.17. The second kappa shape index (κ2) is 7.46. The average molecular weight is 342 g/mol. The van der Waals surface area contributed by atoms with Crippen LogP contribution in [0.25, 0.3) is 0 Å². The van der Waals surface area contributed by atoms with Gasteiger partial charge < -0.3 is 9.84 Å². The minimum absolute atomic E-state index is 0.0763. The molecule has 1 atom stereocenters. The smallest absolute Gasteiger partial charge is 0.250 e. The summed E-state index contributed by atoms with van der Waals surface area (Å²) in [6, 6.07) is 7.43. The van der Waals surface area contributed by atoms with Crippen LogP contribution in [0.15, 0.2) is 28.8 Å². The zero-order chi connectivity index (χ0) is 17.8. The Labute approximate surface area is 146 Å². The van der Waals surface area contributed by atoms with Crippen molar-refractivity contribution in [3.05, 3.63) is 41.5 Å². The number of benzene rings is 1. The maximum absolute atomic E-state index is 12.1. The van der Waals surface area contributed by atoms with Crippen LogP contribution >= 0.6 is 0 Å². The third-order valence-corrected chi connectivity index (χ3v) is 4.26. The van der Waals surface area contributed by atoms with Crippen molar-refractivity contribution in [1.29, 1.82) is 0 Å². The average Bonchev–Trinajstić information content (AvgIpc) is 3.18. The monoisotopic (exact) mass is 342 g/mol. The van der Waals surface area contributed by atoms with Crippen LogP contribution in [0, 0.1) is 0 Å². The number of nitrogens with zero attached hydrogens (tertiary/aromatic N) is 3. The van der Waals surface area contributed by atoms with Gasteiger partial charge in [0.2, 0.25) is 17.7 Å². The molecule has 1 N–H and O–H groups in total. The molecule has 0 spiro atoms. The summed E-state index contributed by atoms with van der Waals surface area (Å²) in [5.74, 6) is 0.497. The number of rotatable bonds is 6. The Kier molecular flexibility index (Phi) is 5.11. The van der Waals surface area contributed by atoms with Crippen molar-refractivity contribution in [2.75, 3.05) is 11.4 Å². The molecule has 25 heavy (non-hydrogen) atoms. The molecule has 1 aliphatic heterocycles. The van der Waals surface area contributed by atoms with Crippen molar-refractivity contribution in [2.45, 2.75) is 45.6 Å². The minimum Gasteiger partial charge on any atom is -0.356 e. The molecule has 2 heterocycles. The van der Waals surface area contributed by atoms with E-state index in [2.05, 4.69) is 22.4 Å². The fourth-order valence-electron chi connectivity index (χ4n) is 3.06. The van der Waals surface area contributed by atoms with Crippen molar-refractivity contribution < 1.29 is 14.1 Å². The molecule has 1 aromatic heterocycles. The van der Waals surface area contributed by atoms with Gasteiger partial charge in [-0.2, -0.15) is 4.98 Å². The summed E-state index contributed by atoms with van der Waals surface area (Å²) in [5.41, 5.74) is 1.94. The maximum atomic E-state index is 12.1. The van der Waals surface area contributed by atoms with Gasteiger partial charge in [-0.1, -0.05) is 36.7 Å². The van der Waals surface area contributed by atoms with E-state index in [1.165, 1.54) is 6.92 Å².